The number of benzene rings is 2. The zero-order chi connectivity index (χ0) is 23.8. The van der Waals surface area contributed by atoms with E-state index >= 15 is 0 Å². The van der Waals surface area contributed by atoms with E-state index in [0.29, 0.717) is 43.8 Å². The number of nitrogens with zero attached hydrogens (tertiary/aromatic N) is 3. The summed E-state index contributed by atoms with van der Waals surface area (Å²) in [5.41, 5.74) is 3.27. The molecule has 0 saturated carbocycles. The maximum Gasteiger partial charge on any atom is 0.227 e. The molecule has 180 valence electrons. The molecule has 1 aliphatic rings. The van der Waals surface area contributed by atoms with E-state index in [-0.39, 0.29) is 5.91 Å². The summed E-state index contributed by atoms with van der Waals surface area (Å²) in [4.78, 5) is 19.3. The van der Waals surface area contributed by atoms with Crippen molar-refractivity contribution in [3.05, 3.63) is 65.5 Å². The van der Waals surface area contributed by atoms with Crippen LogP contribution < -0.4 is 10.1 Å². The predicted molar refractivity (Wildman–Crippen MR) is 131 cm³/mol. The van der Waals surface area contributed by atoms with Crippen LogP contribution in [0.5, 0.6) is 5.75 Å². The second kappa shape index (κ2) is 11.8. The first-order valence-corrected chi connectivity index (χ1v) is 12.2. The van der Waals surface area contributed by atoms with Gasteiger partial charge in [-0.15, -0.1) is 0 Å². The van der Waals surface area contributed by atoms with Gasteiger partial charge >= 0.3 is 0 Å². The van der Waals surface area contributed by atoms with Crippen LogP contribution in [-0.4, -0.2) is 40.1 Å². The van der Waals surface area contributed by atoms with Gasteiger partial charge in [0.2, 0.25) is 17.6 Å². The number of rotatable bonds is 10. The Balaban J connectivity index is 1.20. The molecule has 1 unspecified atom stereocenters. The Morgan fingerprint density at radius 2 is 1.88 bits per heavy atom. The second-order valence-electron chi connectivity index (χ2n) is 8.88. The predicted octanol–water partition coefficient (Wildman–Crippen LogP) is 4.76. The van der Waals surface area contributed by atoms with Gasteiger partial charge in [-0.05, 0) is 68.6 Å². The van der Waals surface area contributed by atoms with Crippen molar-refractivity contribution in [2.45, 2.75) is 65.1 Å². The van der Waals surface area contributed by atoms with Gasteiger partial charge in [0.25, 0.3) is 0 Å². The highest BCUT2D eigenvalue weighted by Crippen LogP contribution is 2.21. The third-order valence-corrected chi connectivity index (χ3v) is 6.30. The molecule has 1 aromatic heterocycles. The number of aryl methyl sites for hydroxylation is 1. The molecule has 0 bridgehead atoms. The first kappa shape index (κ1) is 24.0. The summed E-state index contributed by atoms with van der Waals surface area (Å²) in [5.74, 6) is 1.73. The summed E-state index contributed by atoms with van der Waals surface area (Å²) >= 11 is 0. The lowest BCUT2D eigenvalue weighted by atomic mass is 10.0. The molecule has 2 aromatic carbocycles. The molecule has 7 heteroatoms. The average Bonchev–Trinajstić information content (AvgIpc) is 3.33. The molecule has 34 heavy (non-hydrogen) atoms. The molecule has 0 spiro atoms. The summed E-state index contributed by atoms with van der Waals surface area (Å²) in [7, 11) is 0. The lowest BCUT2D eigenvalue weighted by Gasteiger charge is -2.33. The van der Waals surface area contributed by atoms with E-state index in [4.69, 9.17) is 9.26 Å². The SMILES string of the molecule is CCOc1ccc(-c2noc(CCC(=O)NCc3ccc(CN4CCCCC4C)cc3)n2)cc1. The normalized spacial score (nSPS) is 16.4. The van der Waals surface area contributed by atoms with Gasteiger partial charge in [0.1, 0.15) is 5.75 Å². The summed E-state index contributed by atoms with van der Waals surface area (Å²) in [6.07, 6.45) is 4.63. The van der Waals surface area contributed by atoms with Crippen LogP contribution in [0.15, 0.2) is 53.1 Å². The highest BCUT2D eigenvalue weighted by atomic mass is 16.5. The van der Waals surface area contributed by atoms with Crippen molar-refractivity contribution < 1.29 is 14.1 Å². The number of likely N-dealkylation sites (tertiary alicyclic amines) is 1. The molecule has 1 saturated heterocycles. The highest BCUT2D eigenvalue weighted by Gasteiger charge is 2.18. The molecule has 3 aromatic rings. The minimum atomic E-state index is -0.0352. The zero-order valence-corrected chi connectivity index (χ0v) is 20.1. The van der Waals surface area contributed by atoms with Gasteiger partial charge in [0.15, 0.2) is 0 Å². The molecule has 1 N–H and O–H groups in total. The van der Waals surface area contributed by atoms with Crippen LogP contribution in [0.1, 0.15) is 56.5 Å². The first-order chi connectivity index (χ1) is 16.6. The van der Waals surface area contributed by atoms with E-state index in [2.05, 4.69) is 51.5 Å². The Morgan fingerprint density at radius 1 is 1.12 bits per heavy atom. The van der Waals surface area contributed by atoms with E-state index in [0.717, 1.165) is 23.4 Å². The van der Waals surface area contributed by atoms with Crippen molar-refractivity contribution in [1.29, 1.82) is 0 Å². The van der Waals surface area contributed by atoms with Crippen LogP contribution in [-0.2, 0) is 24.3 Å². The summed E-state index contributed by atoms with van der Waals surface area (Å²) < 4.78 is 10.8. The first-order valence-electron chi connectivity index (χ1n) is 12.2. The Morgan fingerprint density at radius 3 is 2.62 bits per heavy atom. The Bertz CT molecular complexity index is 1050. The molecular formula is C27H34N4O3. The maximum atomic E-state index is 12.3. The van der Waals surface area contributed by atoms with E-state index in [1.165, 1.54) is 31.4 Å². The van der Waals surface area contributed by atoms with Crippen LogP contribution in [0.3, 0.4) is 0 Å². The minimum absolute atomic E-state index is 0.0352. The molecule has 2 heterocycles. The fourth-order valence-electron chi connectivity index (χ4n) is 4.24. The lowest BCUT2D eigenvalue weighted by Crippen LogP contribution is -2.36. The van der Waals surface area contributed by atoms with Crippen LogP contribution in [0.4, 0.5) is 0 Å². The highest BCUT2D eigenvalue weighted by molar-refractivity contribution is 5.76. The van der Waals surface area contributed by atoms with E-state index in [1.54, 1.807) is 0 Å². The molecule has 1 aliphatic heterocycles. The maximum absolute atomic E-state index is 12.3. The van der Waals surface area contributed by atoms with Crippen molar-refractivity contribution in [2.75, 3.05) is 13.2 Å². The van der Waals surface area contributed by atoms with Crippen LogP contribution in [0.25, 0.3) is 11.4 Å². The third kappa shape index (κ3) is 6.67. The third-order valence-electron chi connectivity index (χ3n) is 6.30. The van der Waals surface area contributed by atoms with E-state index < -0.39 is 0 Å². The van der Waals surface area contributed by atoms with Gasteiger partial charge in [0, 0.05) is 37.5 Å². The number of carbonyl (C=O) groups is 1. The summed E-state index contributed by atoms with van der Waals surface area (Å²) in [5, 5.41) is 7.01. The van der Waals surface area contributed by atoms with Crippen molar-refractivity contribution >= 4 is 5.91 Å². The van der Waals surface area contributed by atoms with Crippen LogP contribution >= 0.6 is 0 Å². The number of hydrogen-bond acceptors (Lipinski definition) is 6. The molecule has 1 fully saturated rings. The summed E-state index contributed by atoms with van der Waals surface area (Å²) in [6.45, 7) is 7.58. The number of ether oxygens (including phenoxy) is 1. The van der Waals surface area contributed by atoms with Crippen molar-refractivity contribution in [2.24, 2.45) is 0 Å². The van der Waals surface area contributed by atoms with Gasteiger partial charge in [-0.25, -0.2) is 0 Å². The largest absolute Gasteiger partial charge is 0.494 e. The fourth-order valence-corrected chi connectivity index (χ4v) is 4.24. The number of nitrogens with one attached hydrogen (secondary N) is 1. The average molecular weight is 463 g/mol. The topological polar surface area (TPSA) is 80.5 Å². The second-order valence-corrected chi connectivity index (χ2v) is 8.88. The van der Waals surface area contributed by atoms with Gasteiger partial charge in [-0.3, -0.25) is 9.69 Å². The number of hydrogen-bond donors (Lipinski definition) is 1. The van der Waals surface area contributed by atoms with E-state index in [9.17, 15) is 4.79 Å². The molecule has 0 aliphatic carbocycles. The Kier molecular flexibility index (Phi) is 8.31. The van der Waals surface area contributed by atoms with Gasteiger partial charge in [-0.1, -0.05) is 35.8 Å². The molecule has 1 amide bonds. The number of aromatic nitrogens is 2. The van der Waals surface area contributed by atoms with Gasteiger partial charge in [-0.2, -0.15) is 4.98 Å². The molecular weight excluding hydrogens is 428 g/mol. The van der Waals surface area contributed by atoms with Crippen molar-refractivity contribution in [1.82, 2.24) is 20.4 Å². The van der Waals surface area contributed by atoms with Crippen molar-refractivity contribution in [3.63, 3.8) is 0 Å². The zero-order valence-electron chi connectivity index (χ0n) is 20.1. The number of piperidine rings is 1. The lowest BCUT2D eigenvalue weighted by molar-refractivity contribution is -0.121. The molecule has 0 radical (unpaired) electrons. The Labute approximate surface area is 201 Å². The summed E-state index contributed by atoms with van der Waals surface area (Å²) in [6, 6.07) is 16.7. The smallest absolute Gasteiger partial charge is 0.227 e. The van der Waals surface area contributed by atoms with Crippen molar-refractivity contribution in [3.8, 4) is 17.1 Å². The molecule has 7 nitrogen and oxygen atoms in total. The molecule has 1 atom stereocenters. The fraction of sp³-hybridized carbons (Fsp3) is 0.444. The number of amides is 1. The molecule has 4 rings (SSSR count). The van der Waals surface area contributed by atoms with E-state index in [1.807, 2.05) is 31.2 Å². The van der Waals surface area contributed by atoms with Crippen LogP contribution in [0.2, 0.25) is 0 Å². The van der Waals surface area contributed by atoms with Crippen LogP contribution in [0, 0.1) is 0 Å². The quantitative estimate of drug-likeness (QED) is 0.468. The number of carbonyl (C=O) groups excluding carboxylic acids is 1. The monoisotopic (exact) mass is 462 g/mol. The standard InChI is InChI=1S/C27H34N4O3/c1-3-33-24-13-11-23(12-14-24)27-29-26(34-30-27)16-15-25(32)28-18-21-7-9-22(10-8-21)19-31-17-5-4-6-20(31)2/h7-14,20H,3-6,15-19H2,1-2H3,(H,28,32). The van der Waals surface area contributed by atoms with Gasteiger partial charge in [0.05, 0.1) is 6.61 Å². The Hall–Kier alpha value is -3.19. The van der Waals surface area contributed by atoms with Gasteiger partial charge < -0.3 is 14.6 Å². The minimum Gasteiger partial charge on any atom is -0.494 e.